The van der Waals surface area contributed by atoms with Crippen LogP contribution < -0.4 is 5.32 Å². The molecule has 7 heteroatoms. The molecule has 24 heavy (non-hydrogen) atoms. The largest absolute Gasteiger partial charge is 0.375 e. The maximum atomic E-state index is 12.3. The van der Waals surface area contributed by atoms with E-state index in [9.17, 15) is 9.59 Å². The van der Waals surface area contributed by atoms with Crippen molar-refractivity contribution in [3.05, 3.63) is 17.0 Å². The highest BCUT2D eigenvalue weighted by Gasteiger charge is 2.27. The molecule has 2 N–H and O–H groups in total. The molecular weight excluding hydrogens is 308 g/mol. The van der Waals surface area contributed by atoms with Crippen LogP contribution in [0.1, 0.15) is 36.2 Å². The number of likely N-dealkylation sites (tertiary alicyclic amines) is 1. The second-order valence-corrected chi connectivity index (χ2v) is 6.42. The minimum atomic E-state index is -0.114. The molecule has 1 aromatic rings. The first-order valence-electron chi connectivity index (χ1n) is 8.57. The zero-order valence-electron chi connectivity index (χ0n) is 14.9. The van der Waals surface area contributed by atoms with Gasteiger partial charge in [-0.05, 0) is 45.1 Å². The van der Waals surface area contributed by atoms with Crippen molar-refractivity contribution in [1.29, 1.82) is 0 Å². The van der Waals surface area contributed by atoms with Crippen LogP contribution in [-0.2, 0) is 20.7 Å². The number of piperidine rings is 1. The Morgan fingerprint density at radius 3 is 2.88 bits per heavy atom. The standard InChI is InChI=1S/C17H28N4O3/c1-12-15(13(2)20-19-12)7-4-8-18-17(23)14-6-5-9-21(10-14)16(22)11-24-3/h14H,4-11H2,1-3H3,(H,18,23)(H,19,20). The molecule has 1 unspecified atom stereocenters. The van der Waals surface area contributed by atoms with Crippen LogP contribution in [0.3, 0.4) is 0 Å². The number of hydrogen-bond acceptors (Lipinski definition) is 4. The molecule has 2 rings (SSSR count). The summed E-state index contributed by atoms with van der Waals surface area (Å²) in [4.78, 5) is 25.9. The molecule has 1 aliphatic rings. The number of H-pyrrole nitrogens is 1. The maximum absolute atomic E-state index is 12.3. The number of ether oxygens (including phenoxy) is 1. The highest BCUT2D eigenvalue weighted by atomic mass is 16.5. The van der Waals surface area contributed by atoms with Gasteiger partial charge >= 0.3 is 0 Å². The molecule has 0 spiro atoms. The lowest BCUT2D eigenvalue weighted by Gasteiger charge is -2.31. The predicted octanol–water partition coefficient (Wildman–Crippen LogP) is 0.960. The Morgan fingerprint density at radius 2 is 2.21 bits per heavy atom. The number of aromatic nitrogens is 2. The van der Waals surface area contributed by atoms with Crippen LogP contribution in [0.25, 0.3) is 0 Å². The Hall–Kier alpha value is -1.89. The van der Waals surface area contributed by atoms with Crippen LogP contribution in [0.5, 0.6) is 0 Å². The molecule has 0 radical (unpaired) electrons. The number of carbonyl (C=O) groups excluding carboxylic acids is 2. The van der Waals surface area contributed by atoms with Gasteiger partial charge in [0.05, 0.1) is 11.6 Å². The Balaban J connectivity index is 1.73. The van der Waals surface area contributed by atoms with Crippen LogP contribution >= 0.6 is 0 Å². The number of aromatic amines is 1. The normalized spacial score (nSPS) is 17.8. The van der Waals surface area contributed by atoms with Gasteiger partial charge in [0.25, 0.3) is 0 Å². The summed E-state index contributed by atoms with van der Waals surface area (Å²) in [5, 5.41) is 10.2. The van der Waals surface area contributed by atoms with E-state index >= 15 is 0 Å². The highest BCUT2D eigenvalue weighted by molar-refractivity contribution is 5.81. The molecule has 1 saturated heterocycles. The van der Waals surface area contributed by atoms with Gasteiger partial charge in [0, 0.05) is 32.4 Å². The van der Waals surface area contributed by atoms with Crippen LogP contribution in [0.2, 0.25) is 0 Å². The molecule has 134 valence electrons. The summed E-state index contributed by atoms with van der Waals surface area (Å²) < 4.78 is 4.89. The maximum Gasteiger partial charge on any atom is 0.248 e. The minimum absolute atomic E-state index is 0.0408. The Morgan fingerprint density at radius 1 is 1.42 bits per heavy atom. The van der Waals surface area contributed by atoms with Crippen molar-refractivity contribution in [2.45, 2.75) is 39.5 Å². The van der Waals surface area contributed by atoms with E-state index in [1.807, 2.05) is 13.8 Å². The summed E-state index contributed by atoms with van der Waals surface area (Å²) in [7, 11) is 1.51. The number of nitrogens with zero attached hydrogens (tertiary/aromatic N) is 2. The topological polar surface area (TPSA) is 87.3 Å². The Bertz CT molecular complexity index is 551. The third-order valence-electron chi connectivity index (χ3n) is 4.60. The number of rotatable bonds is 7. The number of carbonyl (C=O) groups is 2. The molecule has 0 saturated carbocycles. The van der Waals surface area contributed by atoms with Crippen LogP contribution in [-0.4, -0.2) is 60.3 Å². The van der Waals surface area contributed by atoms with E-state index in [1.165, 1.54) is 12.7 Å². The van der Waals surface area contributed by atoms with Gasteiger partial charge in [0.2, 0.25) is 11.8 Å². The Labute approximate surface area is 143 Å². The fourth-order valence-electron chi connectivity index (χ4n) is 3.20. The van der Waals surface area contributed by atoms with E-state index in [-0.39, 0.29) is 24.3 Å². The van der Waals surface area contributed by atoms with Gasteiger partial charge in [-0.2, -0.15) is 5.10 Å². The third kappa shape index (κ3) is 4.80. The summed E-state index contributed by atoms with van der Waals surface area (Å²) in [5.41, 5.74) is 3.36. The quantitative estimate of drug-likeness (QED) is 0.726. The number of aryl methyl sites for hydroxylation is 2. The Kier molecular flexibility index (Phi) is 6.78. The van der Waals surface area contributed by atoms with Crippen molar-refractivity contribution in [3.8, 4) is 0 Å². The molecule has 0 aliphatic carbocycles. The van der Waals surface area contributed by atoms with E-state index < -0.39 is 0 Å². The van der Waals surface area contributed by atoms with Gasteiger partial charge in [-0.25, -0.2) is 0 Å². The van der Waals surface area contributed by atoms with Gasteiger partial charge in [0.15, 0.2) is 0 Å². The average Bonchev–Trinajstić information content (AvgIpc) is 2.90. The molecule has 1 aromatic heterocycles. The first-order valence-corrected chi connectivity index (χ1v) is 8.57. The predicted molar refractivity (Wildman–Crippen MR) is 90.6 cm³/mol. The molecule has 0 bridgehead atoms. The molecule has 1 atom stereocenters. The van der Waals surface area contributed by atoms with Gasteiger partial charge in [-0.15, -0.1) is 0 Å². The molecule has 0 aromatic carbocycles. The summed E-state index contributed by atoms with van der Waals surface area (Å²) in [6.45, 7) is 5.94. The van der Waals surface area contributed by atoms with Crippen molar-refractivity contribution >= 4 is 11.8 Å². The fraction of sp³-hybridized carbons (Fsp3) is 0.706. The number of amides is 2. The monoisotopic (exact) mass is 336 g/mol. The minimum Gasteiger partial charge on any atom is -0.375 e. The lowest BCUT2D eigenvalue weighted by atomic mass is 9.97. The van der Waals surface area contributed by atoms with E-state index in [2.05, 4.69) is 15.5 Å². The van der Waals surface area contributed by atoms with Gasteiger partial charge in [-0.1, -0.05) is 0 Å². The number of hydrogen-bond donors (Lipinski definition) is 2. The average molecular weight is 336 g/mol. The lowest BCUT2D eigenvalue weighted by molar-refractivity contribution is -0.138. The zero-order chi connectivity index (χ0) is 17.5. The van der Waals surface area contributed by atoms with Crippen molar-refractivity contribution in [3.63, 3.8) is 0 Å². The molecule has 2 amide bonds. The van der Waals surface area contributed by atoms with Gasteiger partial charge in [-0.3, -0.25) is 14.7 Å². The van der Waals surface area contributed by atoms with Crippen molar-refractivity contribution in [2.24, 2.45) is 5.92 Å². The van der Waals surface area contributed by atoms with Crippen LogP contribution in [0.15, 0.2) is 0 Å². The van der Waals surface area contributed by atoms with E-state index in [4.69, 9.17) is 4.74 Å². The van der Waals surface area contributed by atoms with Gasteiger partial charge in [0.1, 0.15) is 6.61 Å². The fourth-order valence-corrected chi connectivity index (χ4v) is 3.20. The first kappa shape index (κ1) is 18.4. The van der Waals surface area contributed by atoms with E-state index in [1.54, 1.807) is 4.90 Å². The summed E-state index contributed by atoms with van der Waals surface area (Å²) in [5.74, 6) is -0.108. The molecular formula is C17H28N4O3. The van der Waals surface area contributed by atoms with Crippen molar-refractivity contribution in [1.82, 2.24) is 20.4 Å². The van der Waals surface area contributed by atoms with Gasteiger partial charge < -0.3 is 15.0 Å². The highest BCUT2D eigenvalue weighted by Crippen LogP contribution is 2.17. The second kappa shape index (κ2) is 8.82. The van der Waals surface area contributed by atoms with Crippen LogP contribution in [0.4, 0.5) is 0 Å². The molecule has 2 heterocycles. The lowest BCUT2D eigenvalue weighted by Crippen LogP contribution is -2.46. The number of nitrogens with one attached hydrogen (secondary N) is 2. The van der Waals surface area contributed by atoms with Crippen molar-refractivity contribution < 1.29 is 14.3 Å². The van der Waals surface area contributed by atoms with Crippen LogP contribution in [0, 0.1) is 19.8 Å². The van der Waals surface area contributed by atoms with E-state index in [0.29, 0.717) is 19.6 Å². The zero-order valence-corrected chi connectivity index (χ0v) is 14.9. The summed E-state index contributed by atoms with van der Waals surface area (Å²) in [6, 6.07) is 0. The smallest absolute Gasteiger partial charge is 0.248 e. The summed E-state index contributed by atoms with van der Waals surface area (Å²) in [6.07, 6.45) is 3.48. The molecule has 1 aliphatic heterocycles. The summed E-state index contributed by atoms with van der Waals surface area (Å²) >= 11 is 0. The SMILES string of the molecule is COCC(=O)N1CCCC(C(=O)NCCCc2c(C)n[nH]c2C)C1. The molecule has 7 nitrogen and oxygen atoms in total. The van der Waals surface area contributed by atoms with E-state index in [0.717, 1.165) is 37.1 Å². The third-order valence-corrected chi connectivity index (χ3v) is 4.60. The molecule has 1 fully saturated rings. The first-order chi connectivity index (χ1) is 11.5. The number of methoxy groups -OCH3 is 1. The second-order valence-electron chi connectivity index (χ2n) is 6.42. The van der Waals surface area contributed by atoms with Crippen molar-refractivity contribution in [2.75, 3.05) is 33.4 Å².